The van der Waals surface area contributed by atoms with Crippen molar-refractivity contribution in [1.29, 1.82) is 0 Å². The largest absolute Gasteiger partial charge is 0.491 e. The van der Waals surface area contributed by atoms with E-state index in [0.717, 1.165) is 33.3 Å². The summed E-state index contributed by atoms with van der Waals surface area (Å²) in [5.74, 6) is 0.618. The van der Waals surface area contributed by atoms with Crippen LogP contribution in [0.5, 0.6) is 5.75 Å². The average molecular weight is 445 g/mol. The molecule has 33 heavy (non-hydrogen) atoms. The Morgan fingerprint density at radius 2 is 1.67 bits per heavy atom. The highest BCUT2D eigenvalue weighted by atomic mass is 19.1. The minimum Gasteiger partial charge on any atom is -0.491 e. The predicted octanol–water partition coefficient (Wildman–Crippen LogP) is 5.86. The highest BCUT2D eigenvalue weighted by Gasteiger charge is 2.11. The standard InChI is InChI=1S/C28H29FN2O2/c1-20(2)33-25-14-9-21(10-15-25)17-30-28(32)16-11-23-19-31(27-6-4-3-5-26(23)27)18-22-7-12-24(29)13-8-22/h3-10,12-15,19-20H,11,16-18H2,1-2H3,(H,30,32). The second kappa shape index (κ2) is 10.3. The smallest absolute Gasteiger partial charge is 0.220 e. The summed E-state index contributed by atoms with van der Waals surface area (Å²) < 4.78 is 21.1. The molecule has 1 heterocycles. The van der Waals surface area contributed by atoms with Gasteiger partial charge in [0.2, 0.25) is 5.91 Å². The molecule has 0 spiro atoms. The topological polar surface area (TPSA) is 43.3 Å². The number of fused-ring (bicyclic) bond motifs is 1. The Kier molecular flexibility index (Phi) is 7.08. The fourth-order valence-electron chi connectivity index (χ4n) is 3.93. The molecule has 0 unspecified atom stereocenters. The van der Waals surface area contributed by atoms with E-state index in [1.165, 1.54) is 12.1 Å². The first-order valence-electron chi connectivity index (χ1n) is 11.3. The summed E-state index contributed by atoms with van der Waals surface area (Å²) in [6, 6.07) is 22.6. The van der Waals surface area contributed by atoms with Crippen molar-refractivity contribution in [2.75, 3.05) is 0 Å². The Labute approximate surface area is 194 Å². The lowest BCUT2D eigenvalue weighted by atomic mass is 10.1. The third-order valence-electron chi connectivity index (χ3n) is 5.54. The number of amides is 1. The van der Waals surface area contributed by atoms with E-state index < -0.39 is 0 Å². The minimum atomic E-state index is -0.234. The van der Waals surface area contributed by atoms with Crippen LogP contribution in [-0.4, -0.2) is 16.6 Å². The quantitative estimate of drug-likeness (QED) is 0.351. The van der Waals surface area contributed by atoms with E-state index in [9.17, 15) is 9.18 Å². The number of carbonyl (C=O) groups is 1. The molecule has 0 aliphatic carbocycles. The van der Waals surface area contributed by atoms with Crippen molar-refractivity contribution in [3.63, 3.8) is 0 Å². The molecule has 3 aromatic carbocycles. The molecule has 0 atom stereocenters. The van der Waals surface area contributed by atoms with Gasteiger partial charge in [-0.05, 0) is 67.3 Å². The molecular formula is C28H29FN2O2. The lowest BCUT2D eigenvalue weighted by Crippen LogP contribution is -2.22. The molecule has 4 nitrogen and oxygen atoms in total. The van der Waals surface area contributed by atoms with Crippen molar-refractivity contribution in [3.8, 4) is 5.75 Å². The van der Waals surface area contributed by atoms with Gasteiger partial charge in [-0.25, -0.2) is 4.39 Å². The number of aromatic nitrogens is 1. The molecule has 170 valence electrons. The van der Waals surface area contributed by atoms with Gasteiger partial charge >= 0.3 is 0 Å². The third-order valence-corrected chi connectivity index (χ3v) is 5.54. The monoisotopic (exact) mass is 444 g/mol. The molecule has 4 rings (SSSR count). The van der Waals surface area contributed by atoms with E-state index in [0.29, 0.717) is 25.9 Å². The second-order valence-corrected chi connectivity index (χ2v) is 8.51. The third kappa shape index (κ3) is 6.01. The Morgan fingerprint density at radius 1 is 0.970 bits per heavy atom. The van der Waals surface area contributed by atoms with Crippen molar-refractivity contribution < 1.29 is 13.9 Å². The zero-order valence-corrected chi connectivity index (χ0v) is 19.1. The predicted molar refractivity (Wildman–Crippen MR) is 130 cm³/mol. The van der Waals surface area contributed by atoms with Crippen LogP contribution in [0.2, 0.25) is 0 Å². The Balaban J connectivity index is 1.36. The number of nitrogens with zero attached hydrogens (tertiary/aromatic N) is 1. The van der Waals surface area contributed by atoms with Crippen molar-refractivity contribution in [2.45, 2.75) is 45.9 Å². The number of nitrogens with one attached hydrogen (secondary N) is 1. The summed E-state index contributed by atoms with van der Waals surface area (Å²) in [6.07, 6.45) is 3.31. The maximum atomic E-state index is 13.2. The maximum absolute atomic E-state index is 13.2. The van der Waals surface area contributed by atoms with Gasteiger partial charge < -0.3 is 14.6 Å². The first-order chi connectivity index (χ1) is 16.0. The minimum absolute atomic E-state index is 0.0212. The Morgan fingerprint density at radius 3 is 2.39 bits per heavy atom. The van der Waals surface area contributed by atoms with Crippen molar-refractivity contribution in [2.24, 2.45) is 0 Å². The number of hydrogen-bond donors (Lipinski definition) is 1. The SMILES string of the molecule is CC(C)Oc1ccc(CNC(=O)CCc2cn(Cc3ccc(F)cc3)c3ccccc23)cc1. The number of halogens is 1. The van der Waals surface area contributed by atoms with Crippen LogP contribution >= 0.6 is 0 Å². The molecule has 0 aliphatic heterocycles. The molecule has 0 saturated carbocycles. The maximum Gasteiger partial charge on any atom is 0.220 e. The van der Waals surface area contributed by atoms with Gasteiger partial charge in [0.1, 0.15) is 11.6 Å². The van der Waals surface area contributed by atoms with E-state index in [4.69, 9.17) is 4.74 Å². The highest BCUT2D eigenvalue weighted by Crippen LogP contribution is 2.24. The summed E-state index contributed by atoms with van der Waals surface area (Å²) in [4.78, 5) is 12.5. The van der Waals surface area contributed by atoms with Gasteiger partial charge in [0.15, 0.2) is 0 Å². The van der Waals surface area contributed by atoms with Gasteiger partial charge in [0.05, 0.1) is 6.10 Å². The molecule has 0 bridgehead atoms. The van der Waals surface area contributed by atoms with Crippen molar-refractivity contribution >= 4 is 16.8 Å². The molecule has 4 aromatic rings. The van der Waals surface area contributed by atoms with Crippen LogP contribution in [0.1, 0.15) is 37.0 Å². The van der Waals surface area contributed by atoms with Crippen molar-refractivity contribution in [1.82, 2.24) is 9.88 Å². The van der Waals surface area contributed by atoms with Crippen molar-refractivity contribution in [3.05, 3.63) is 102 Å². The molecule has 0 aliphatic rings. The van der Waals surface area contributed by atoms with Gasteiger partial charge in [-0.1, -0.05) is 42.5 Å². The number of aryl methyl sites for hydroxylation is 1. The van der Waals surface area contributed by atoms with Crippen LogP contribution in [0.25, 0.3) is 10.9 Å². The van der Waals surface area contributed by atoms with Gasteiger partial charge in [0.25, 0.3) is 0 Å². The van der Waals surface area contributed by atoms with Crippen LogP contribution in [0.4, 0.5) is 4.39 Å². The molecule has 1 aromatic heterocycles. The molecular weight excluding hydrogens is 415 g/mol. The fourth-order valence-corrected chi connectivity index (χ4v) is 3.93. The fraction of sp³-hybridized carbons (Fsp3) is 0.250. The van der Waals surface area contributed by atoms with Crippen LogP contribution < -0.4 is 10.1 Å². The Bertz CT molecular complexity index is 1210. The Hall–Kier alpha value is -3.60. The molecule has 0 saturated heterocycles. The number of ether oxygens (including phenoxy) is 1. The lowest BCUT2D eigenvalue weighted by molar-refractivity contribution is -0.121. The summed E-state index contributed by atoms with van der Waals surface area (Å²) in [5.41, 5.74) is 4.32. The zero-order chi connectivity index (χ0) is 23.2. The van der Waals surface area contributed by atoms with Crippen LogP contribution in [-0.2, 0) is 24.3 Å². The molecule has 1 N–H and O–H groups in total. The van der Waals surface area contributed by atoms with Gasteiger partial charge in [-0.15, -0.1) is 0 Å². The molecule has 5 heteroatoms. The van der Waals surface area contributed by atoms with E-state index in [1.54, 1.807) is 12.1 Å². The number of rotatable bonds is 9. The van der Waals surface area contributed by atoms with Gasteiger partial charge in [-0.2, -0.15) is 0 Å². The van der Waals surface area contributed by atoms with Gasteiger partial charge in [0, 0.05) is 36.6 Å². The summed E-state index contributed by atoms with van der Waals surface area (Å²) in [7, 11) is 0. The van der Waals surface area contributed by atoms with Crippen LogP contribution in [0.3, 0.4) is 0 Å². The zero-order valence-electron chi connectivity index (χ0n) is 19.1. The molecule has 0 radical (unpaired) electrons. The van der Waals surface area contributed by atoms with E-state index in [-0.39, 0.29) is 17.8 Å². The van der Waals surface area contributed by atoms with E-state index >= 15 is 0 Å². The summed E-state index contributed by atoms with van der Waals surface area (Å²) in [5, 5.41) is 4.15. The second-order valence-electron chi connectivity index (χ2n) is 8.51. The molecule has 0 fully saturated rings. The summed E-state index contributed by atoms with van der Waals surface area (Å²) >= 11 is 0. The lowest BCUT2D eigenvalue weighted by Gasteiger charge is -2.10. The normalized spacial score (nSPS) is 11.2. The number of benzene rings is 3. The number of carbonyl (C=O) groups excluding carboxylic acids is 1. The molecule has 1 amide bonds. The van der Waals surface area contributed by atoms with Crippen LogP contribution in [0.15, 0.2) is 79.0 Å². The number of hydrogen-bond acceptors (Lipinski definition) is 2. The average Bonchev–Trinajstić information content (AvgIpc) is 3.16. The van der Waals surface area contributed by atoms with Crippen LogP contribution in [0, 0.1) is 5.82 Å². The van der Waals surface area contributed by atoms with E-state index in [1.807, 2.05) is 50.2 Å². The summed E-state index contributed by atoms with van der Waals surface area (Å²) in [6.45, 7) is 5.14. The highest BCUT2D eigenvalue weighted by molar-refractivity contribution is 5.85. The number of para-hydroxylation sites is 1. The van der Waals surface area contributed by atoms with E-state index in [2.05, 4.69) is 28.2 Å². The van der Waals surface area contributed by atoms with Gasteiger partial charge in [-0.3, -0.25) is 4.79 Å². The first-order valence-corrected chi connectivity index (χ1v) is 11.3. The first kappa shape index (κ1) is 22.6.